The zero-order valence-electron chi connectivity index (χ0n) is 17.0. The van der Waals surface area contributed by atoms with Gasteiger partial charge < -0.3 is 9.84 Å². The Balaban J connectivity index is 1.52. The fourth-order valence-corrected chi connectivity index (χ4v) is 4.35. The van der Waals surface area contributed by atoms with Gasteiger partial charge in [0.05, 0.1) is 16.8 Å². The Hall–Kier alpha value is -4.08. The van der Waals surface area contributed by atoms with E-state index in [0.717, 1.165) is 4.88 Å². The van der Waals surface area contributed by atoms with E-state index in [1.165, 1.54) is 15.9 Å². The normalized spacial score (nSPS) is 13.9. The van der Waals surface area contributed by atoms with Crippen molar-refractivity contribution in [3.8, 4) is 23.1 Å². The van der Waals surface area contributed by atoms with Crippen molar-refractivity contribution in [3.63, 3.8) is 0 Å². The van der Waals surface area contributed by atoms with Gasteiger partial charge in [-0.05, 0) is 66.1 Å². The molecule has 0 unspecified atom stereocenters. The van der Waals surface area contributed by atoms with Crippen LogP contribution in [-0.2, 0) is 0 Å². The predicted octanol–water partition coefficient (Wildman–Crippen LogP) is 5.33. The van der Waals surface area contributed by atoms with Crippen LogP contribution in [-0.4, -0.2) is 26.6 Å². The van der Waals surface area contributed by atoms with Gasteiger partial charge in [-0.25, -0.2) is 0 Å². The number of hydrogen-bond donors (Lipinski definition) is 2. The highest BCUT2D eigenvalue weighted by Gasteiger charge is 2.18. The Kier molecular flexibility index (Phi) is 5.55. The van der Waals surface area contributed by atoms with Crippen molar-refractivity contribution in [1.29, 1.82) is 0 Å². The number of aromatic hydroxyl groups is 1. The van der Waals surface area contributed by atoms with Crippen molar-refractivity contribution in [2.75, 3.05) is 0 Å². The SMILES string of the molecule is O=c1[nH]c(=S)n(-c2ccc(Oc3ccccc3)cc2)c(O)c1C=C1C=NN=C1c1cccs1. The second kappa shape index (κ2) is 8.81. The van der Waals surface area contributed by atoms with Gasteiger partial charge in [-0.2, -0.15) is 5.10 Å². The fraction of sp³-hybridized carbons (Fsp3) is 0. The molecule has 0 saturated carbocycles. The maximum Gasteiger partial charge on any atom is 0.262 e. The van der Waals surface area contributed by atoms with E-state index in [9.17, 15) is 9.90 Å². The molecule has 4 aromatic rings. The molecule has 33 heavy (non-hydrogen) atoms. The Morgan fingerprint density at radius 1 is 1.03 bits per heavy atom. The van der Waals surface area contributed by atoms with Gasteiger partial charge in [-0.3, -0.25) is 14.3 Å². The molecule has 3 heterocycles. The molecule has 1 aliphatic heterocycles. The number of H-pyrrole nitrogens is 1. The first-order valence-corrected chi connectivity index (χ1v) is 11.2. The summed E-state index contributed by atoms with van der Waals surface area (Å²) in [6, 6.07) is 20.3. The lowest BCUT2D eigenvalue weighted by Gasteiger charge is -2.13. The third-order valence-electron chi connectivity index (χ3n) is 4.88. The standard InChI is InChI=1S/C24H16N4O3S2/c29-22-19(13-15-14-25-27-21(15)20-7-4-12-33-20)23(30)28(24(32)26-22)16-8-10-18(11-9-16)31-17-5-2-1-3-6-17/h1-14,30H,(H,26,29,32). The van der Waals surface area contributed by atoms with E-state index in [0.29, 0.717) is 28.5 Å². The summed E-state index contributed by atoms with van der Waals surface area (Å²) in [6.07, 6.45) is 3.11. The van der Waals surface area contributed by atoms with Crippen molar-refractivity contribution < 1.29 is 9.84 Å². The summed E-state index contributed by atoms with van der Waals surface area (Å²) in [6.45, 7) is 0. The monoisotopic (exact) mass is 472 g/mol. The van der Waals surface area contributed by atoms with Crippen LogP contribution in [0.2, 0.25) is 0 Å². The molecule has 5 rings (SSSR count). The second-order valence-corrected chi connectivity index (χ2v) is 8.35. The van der Waals surface area contributed by atoms with Crippen molar-refractivity contribution in [3.05, 3.63) is 103 Å². The smallest absolute Gasteiger partial charge is 0.262 e. The van der Waals surface area contributed by atoms with Gasteiger partial charge in [0.15, 0.2) is 4.77 Å². The number of allylic oxidation sites excluding steroid dienone is 1. The molecule has 2 aromatic heterocycles. The minimum Gasteiger partial charge on any atom is -0.494 e. The number of nitrogens with one attached hydrogen (secondary N) is 1. The molecule has 162 valence electrons. The lowest BCUT2D eigenvalue weighted by Crippen LogP contribution is -2.16. The highest BCUT2D eigenvalue weighted by Crippen LogP contribution is 2.27. The summed E-state index contributed by atoms with van der Waals surface area (Å²) in [7, 11) is 0. The third-order valence-corrected chi connectivity index (χ3v) is 6.04. The minimum atomic E-state index is -0.504. The van der Waals surface area contributed by atoms with Crippen LogP contribution in [0.5, 0.6) is 17.4 Å². The molecule has 0 fully saturated rings. The lowest BCUT2D eigenvalue weighted by molar-refractivity contribution is 0.431. The van der Waals surface area contributed by atoms with Gasteiger partial charge in [-0.15, -0.1) is 16.4 Å². The summed E-state index contributed by atoms with van der Waals surface area (Å²) < 4.78 is 7.28. The number of aromatic nitrogens is 2. The largest absolute Gasteiger partial charge is 0.494 e. The molecule has 7 nitrogen and oxygen atoms in total. The first-order valence-electron chi connectivity index (χ1n) is 9.89. The van der Waals surface area contributed by atoms with Crippen LogP contribution >= 0.6 is 23.6 Å². The topological polar surface area (TPSA) is 92.0 Å². The molecule has 0 saturated heterocycles. The molecular weight excluding hydrogens is 456 g/mol. The maximum atomic E-state index is 12.6. The molecule has 0 radical (unpaired) electrons. The van der Waals surface area contributed by atoms with E-state index >= 15 is 0 Å². The first kappa shape index (κ1) is 20.8. The Morgan fingerprint density at radius 2 is 1.79 bits per heavy atom. The van der Waals surface area contributed by atoms with E-state index in [1.807, 2.05) is 47.8 Å². The summed E-state index contributed by atoms with van der Waals surface area (Å²) in [5.41, 5.74) is 1.38. The number of ether oxygens (including phenoxy) is 1. The summed E-state index contributed by atoms with van der Waals surface area (Å²) >= 11 is 6.84. The van der Waals surface area contributed by atoms with Crippen LogP contribution in [0.25, 0.3) is 11.8 Å². The number of rotatable bonds is 5. The van der Waals surface area contributed by atoms with Crippen LogP contribution < -0.4 is 10.3 Å². The number of hydrogen-bond acceptors (Lipinski definition) is 7. The Labute approximate surface area is 197 Å². The molecule has 2 aromatic carbocycles. The molecular formula is C24H16N4O3S2. The summed E-state index contributed by atoms with van der Waals surface area (Å²) in [5.74, 6) is 1.06. The zero-order chi connectivity index (χ0) is 22.8. The van der Waals surface area contributed by atoms with Gasteiger partial charge in [0, 0.05) is 5.57 Å². The van der Waals surface area contributed by atoms with Gasteiger partial charge in [0.2, 0.25) is 5.88 Å². The van der Waals surface area contributed by atoms with E-state index in [4.69, 9.17) is 17.0 Å². The van der Waals surface area contributed by atoms with Crippen molar-refractivity contribution in [1.82, 2.24) is 9.55 Å². The van der Waals surface area contributed by atoms with Crippen LogP contribution in [0.15, 0.2) is 92.7 Å². The second-order valence-electron chi connectivity index (χ2n) is 7.01. The van der Waals surface area contributed by atoms with Crippen molar-refractivity contribution in [2.24, 2.45) is 10.2 Å². The van der Waals surface area contributed by atoms with Gasteiger partial charge in [0.25, 0.3) is 5.56 Å². The molecule has 0 spiro atoms. The average Bonchev–Trinajstić information content (AvgIpc) is 3.50. The summed E-state index contributed by atoms with van der Waals surface area (Å²) in [5, 5.41) is 21.1. The number of thiophene rings is 1. The Bertz CT molecular complexity index is 1510. The molecule has 0 bridgehead atoms. The lowest BCUT2D eigenvalue weighted by atomic mass is 10.1. The van der Waals surface area contributed by atoms with Crippen molar-refractivity contribution in [2.45, 2.75) is 0 Å². The fourth-order valence-electron chi connectivity index (χ4n) is 3.33. The quantitative estimate of drug-likeness (QED) is 0.384. The average molecular weight is 473 g/mol. The highest BCUT2D eigenvalue weighted by atomic mass is 32.1. The maximum absolute atomic E-state index is 12.6. The Morgan fingerprint density at radius 3 is 2.52 bits per heavy atom. The number of para-hydroxylation sites is 1. The van der Waals surface area contributed by atoms with Gasteiger partial charge in [0.1, 0.15) is 22.8 Å². The molecule has 0 aliphatic carbocycles. The molecule has 1 aliphatic rings. The molecule has 9 heteroatoms. The number of benzene rings is 2. The van der Waals surface area contributed by atoms with E-state index in [2.05, 4.69) is 15.2 Å². The molecule has 0 amide bonds. The van der Waals surface area contributed by atoms with E-state index in [-0.39, 0.29) is 16.2 Å². The molecule has 2 N–H and O–H groups in total. The van der Waals surface area contributed by atoms with Gasteiger partial charge in [-0.1, -0.05) is 24.3 Å². The third kappa shape index (κ3) is 4.19. The number of aromatic amines is 1. The van der Waals surface area contributed by atoms with Crippen LogP contribution in [0, 0.1) is 4.77 Å². The van der Waals surface area contributed by atoms with Crippen molar-refractivity contribution >= 4 is 41.6 Å². The van der Waals surface area contributed by atoms with Crippen LogP contribution in [0.1, 0.15) is 10.4 Å². The number of nitrogens with zero attached hydrogens (tertiary/aromatic N) is 3. The van der Waals surface area contributed by atoms with Crippen LogP contribution in [0.4, 0.5) is 0 Å². The summed E-state index contributed by atoms with van der Waals surface area (Å²) in [4.78, 5) is 16.2. The minimum absolute atomic E-state index is 0.0563. The predicted molar refractivity (Wildman–Crippen MR) is 133 cm³/mol. The highest BCUT2D eigenvalue weighted by molar-refractivity contribution is 7.71. The van der Waals surface area contributed by atoms with E-state index in [1.54, 1.807) is 36.6 Å². The molecule has 0 atom stereocenters. The van der Waals surface area contributed by atoms with Crippen LogP contribution in [0.3, 0.4) is 0 Å². The van der Waals surface area contributed by atoms with E-state index < -0.39 is 5.56 Å². The first-order chi connectivity index (χ1) is 16.1. The zero-order valence-corrected chi connectivity index (χ0v) is 18.6. The van der Waals surface area contributed by atoms with Gasteiger partial charge >= 0.3 is 0 Å².